The number of hydrogen-bond donors (Lipinski definition) is 1. The second-order valence-corrected chi connectivity index (χ2v) is 9.78. The van der Waals surface area contributed by atoms with Crippen molar-refractivity contribution in [1.82, 2.24) is 4.57 Å². The van der Waals surface area contributed by atoms with E-state index in [1.165, 1.54) is 44.6 Å². The zero-order chi connectivity index (χ0) is 19.8. The first-order valence-corrected chi connectivity index (χ1v) is 11.1. The van der Waals surface area contributed by atoms with Gasteiger partial charge in [0.25, 0.3) is 0 Å². The third-order valence-electron chi connectivity index (χ3n) is 7.60. The molecule has 1 aromatic carbocycles. The monoisotopic (exact) mass is 393 g/mol. The summed E-state index contributed by atoms with van der Waals surface area (Å²) < 4.78 is 7.97. The van der Waals surface area contributed by atoms with Gasteiger partial charge in [0.2, 0.25) is 5.43 Å². The highest BCUT2D eigenvalue weighted by atomic mass is 16.5. The van der Waals surface area contributed by atoms with E-state index in [1.54, 1.807) is 6.20 Å². The molecule has 0 amide bonds. The zero-order valence-electron chi connectivity index (χ0n) is 17.1. The second kappa shape index (κ2) is 7.64. The van der Waals surface area contributed by atoms with Crippen molar-refractivity contribution in [2.45, 2.75) is 58.1 Å². The van der Waals surface area contributed by atoms with Crippen molar-refractivity contribution in [3.63, 3.8) is 0 Å². The lowest BCUT2D eigenvalue weighted by molar-refractivity contribution is -0.0623. The SMILES string of the molecule is O=c1cc(CO)n(Cc2ccccc2)cc1OCCC12CC3CC(CC(C3)C1)C2. The first kappa shape index (κ1) is 18.9. The van der Waals surface area contributed by atoms with Crippen LogP contribution in [0.5, 0.6) is 5.75 Å². The van der Waals surface area contributed by atoms with Gasteiger partial charge in [0.1, 0.15) is 0 Å². The van der Waals surface area contributed by atoms with Crippen LogP contribution < -0.4 is 10.2 Å². The molecule has 0 spiro atoms. The van der Waals surface area contributed by atoms with E-state index in [0.29, 0.717) is 30.0 Å². The molecule has 1 aromatic heterocycles. The quantitative estimate of drug-likeness (QED) is 0.760. The summed E-state index contributed by atoms with van der Waals surface area (Å²) in [7, 11) is 0. The molecule has 6 rings (SSSR count). The number of aromatic nitrogens is 1. The van der Waals surface area contributed by atoms with E-state index in [4.69, 9.17) is 4.74 Å². The van der Waals surface area contributed by atoms with Crippen molar-refractivity contribution < 1.29 is 9.84 Å². The summed E-state index contributed by atoms with van der Waals surface area (Å²) in [4.78, 5) is 12.5. The Hall–Kier alpha value is -2.07. The highest BCUT2D eigenvalue weighted by Crippen LogP contribution is 2.61. The average Bonchev–Trinajstić information content (AvgIpc) is 2.69. The summed E-state index contributed by atoms with van der Waals surface area (Å²) in [6.07, 6.45) is 11.3. The summed E-state index contributed by atoms with van der Waals surface area (Å²) >= 11 is 0. The number of benzene rings is 1. The summed E-state index contributed by atoms with van der Waals surface area (Å²) in [5.74, 6) is 3.22. The maximum atomic E-state index is 12.5. The lowest BCUT2D eigenvalue weighted by Crippen LogP contribution is -2.46. The second-order valence-electron chi connectivity index (χ2n) is 9.78. The van der Waals surface area contributed by atoms with Gasteiger partial charge in [0.05, 0.1) is 19.4 Å². The van der Waals surface area contributed by atoms with Crippen LogP contribution in [-0.4, -0.2) is 16.3 Å². The Morgan fingerprint density at radius 3 is 2.31 bits per heavy atom. The fraction of sp³-hybridized carbons (Fsp3) is 0.560. The van der Waals surface area contributed by atoms with E-state index in [1.807, 2.05) is 34.9 Å². The van der Waals surface area contributed by atoms with E-state index in [9.17, 15) is 9.90 Å². The normalized spacial score (nSPS) is 29.9. The fourth-order valence-corrected chi connectivity index (χ4v) is 6.74. The van der Waals surface area contributed by atoms with E-state index in [-0.39, 0.29) is 12.0 Å². The van der Waals surface area contributed by atoms with Gasteiger partial charge in [0, 0.05) is 18.3 Å². The minimum absolute atomic E-state index is 0.135. The molecule has 1 heterocycles. The highest BCUT2D eigenvalue weighted by molar-refractivity contribution is 5.24. The van der Waals surface area contributed by atoms with Crippen molar-refractivity contribution in [2.75, 3.05) is 6.61 Å². The number of aliphatic hydroxyl groups excluding tert-OH is 1. The molecule has 0 aliphatic heterocycles. The fourth-order valence-electron chi connectivity index (χ4n) is 6.74. The Labute approximate surface area is 172 Å². The minimum Gasteiger partial charge on any atom is -0.488 e. The van der Waals surface area contributed by atoms with E-state index in [0.717, 1.165) is 29.7 Å². The third-order valence-corrected chi connectivity index (χ3v) is 7.60. The molecule has 4 heteroatoms. The van der Waals surface area contributed by atoms with Gasteiger partial charge in [-0.2, -0.15) is 0 Å². The van der Waals surface area contributed by atoms with Gasteiger partial charge in [-0.05, 0) is 73.7 Å². The van der Waals surface area contributed by atoms with Gasteiger partial charge in [-0.15, -0.1) is 0 Å². The first-order valence-electron chi connectivity index (χ1n) is 11.1. The van der Waals surface area contributed by atoms with Gasteiger partial charge in [-0.25, -0.2) is 0 Å². The number of hydrogen-bond acceptors (Lipinski definition) is 3. The molecule has 4 fully saturated rings. The molecule has 29 heavy (non-hydrogen) atoms. The largest absolute Gasteiger partial charge is 0.488 e. The molecule has 0 saturated heterocycles. The molecule has 1 N–H and O–H groups in total. The number of rotatable bonds is 7. The van der Waals surface area contributed by atoms with Crippen LogP contribution in [-0.2, 0) is 13.2 Å². The number of aliphatic hydroxyl groups is 1. The summed E-state index contributed by atoms with van der Waals surface area (Å²) in [6, 6.07) is 11.6. The molecule has 4 saturated carbocycles. The predicted octanol–water partition coefficient (Wildman–Crippen LogP) is 4.37. The Morgan fingerprint density at radius 2 is 1.69 bits per heavy atom. The van der Waals surface area contributed by atoms with Gasteiger partial charge in [-0.3, -0.25) is 4.79 Å². The van der Waals surface area contributed by atoms with Gasteiger partial charge >= 0.3 is 0 Å². The lowest BCUT2D eigenvalue weighted by Gasteiger charge is -2.57. The van der Waals surface area contributed by atoms with Crippen LogP contribution in [0.1, 0.15) is 56.2 Å². The van der Waals surface area contributed by atoms with Crippen LogP contribution >= 0.6 is 0 Å². The summed E-state index contributed by atoms with van der Waals surface area (Å²) in [6.45, 7) is 1.07. The van der Waals surface area contributed by atoms with Crippen molar-refractivity contribution >= 4 is 0 Å². The maximum Gasteiger partial charge on any atom is 0.223 e. The van der Waals surface area contributed by atoms with Crippen LogP contribution in [0.2, 0.25) is 0 Å². The smallest absolute Gasteiger partial charge is 0.223 e. The van der Waals surface area contributed by atoms with Crippen molar-refractivity contribution in [3.8, 4) is 5.75 Å². The Kier molecular flexibility index (Phi) is 4.99. The standard InChI is InChI=1S/C25H31NO3/c27-17-22-11-23(28)24(16-26(22)15-18-4-2-1-3-5-18)29-7-6-25-12-19-8-20(13-25)10-21(9-19)14-25/h1-5,11,16,19-21,27H,6-10,12-15,17H2. The molecule has 4 aliphatic rings. The van der Waals surface area contributed by atoms with Crippen LogP contribution in [0.25, 0.3) is 0 Å². The van der Waals surface area contributed by atoms with Gasteiger partial charge < -0.3 is 14.4 Å². The molecular weight excluding hydrogens is 362 g/mol. The van der Waals surface area contributed by atoms with Gasteiger partial charge in [0.15, 0.2) is 5.75 Å². The van der Waals surface area contributed by atoms with Crippen LogP contribution in [0, 0.1) is 23.2 Å². The highest BCUT2D eigenvalue weighted by Gasteiger charge is 2.50. The molecule has 154 valence electrons. The number of nitrogens with zero attached hydrogens (tertiary/aromatic N) is 1. The molecule has 0 atom stereocenters. The van der Waals surface area contributed by atoms with Gasteiger partial charge in [-0.1, -0.05) is 30.3 Å². The molecule has 4 bridgehead atoms. The molecule has 4 nitrogen and oxygen atoms in total. The summed E-state index contributed by atoms with van der Waals surface area (Å²) in [5, 5.41) is 9.68. The van der Waals surface area contributed by atoms with E-state index >= 15 is 0 Å². The predicted molar refractivity (Wildman–Crippen MR) is 113 cm³/mol. The Morgan fingerprint density at radius 1 is 1.03 bits per heavy atom. The molecule has 2 aromatic rings. The number of ether oxygens (including phenoxy) is 1. The Bertz CT molecular complexity index is 882. The molecule has 0 radical (unpaired) electrons. The van der Waals surface area contributed by atoms with Crippen LogP contribution in [0.4, 0.5) is 0 Å². The van der Waals surface area contributed by atoms with E-state index < -0.39 is 0 Å². The Balaban J connectivity index is 1.28. The van der Waals surface area contributed by atoms with Crippen molar-refractivity contribution in [1.29, 1.82) is 0 Å². The van der Waals surface area contributed by atoms with E-state index in [2.05, 4.69) is 0 Å². The first-order chi connectivity index (χ1) is 14.1. The summed E-state index contributed by atoms with van der Waals surface area (Å²) in [5.41, 5.74) is 2.07. The van der Waals surface area contributed by atoms with Crippen LogP contribution in [0.15, 0.2) is 47.4 Å². The average molecular weight is 394 g/mol. The van der Waals surface area contributed by atoms with Crippen molar-refractivity contribution in [3.05, 3.63) is 64.1 Å². The minimum atomic E-state index is -0.157. The third kappa shape index (κ3) is 3.87. The lowest BCUT2D eigenvalue weighted by atomic mass is 9.49. The van der Waals surface area contributed by atoms with Crippen LogP contribution in [0.3, 0.4) is 0 Å². The maximum absolute atomic E-state index is 12.5. The molecular formula is C25H31NO3. The zero-order valence-corrected chi connectivity index (χ0v) is 17.1. The molecule has 0 unspecified atom stereocenters. The topological polar surface area (TPSA) is 51.5 Å². The molecule has 4 aliphatic carbocycles. The van der Waals surface area contributed by atoms with Crippen molar-refractivity contribution in [2.24, 2.45) is 23.2 Å². The number of pyridine rings is 1.